The summed E-state index contributed by atoms with van der Waals surface area (Å²) in [5, 5.41) is 8.90. The highest BCUT2D eigenvalue weighted by Crippen LogP contribution is 2.23. The van der Waals surface area contributed by atoms with E-state index >= 15 is 0 Å². The maximum atomic E-state index is 13.7. The Hall–Kier alpha value is -2.41. The first kappa shape index (κ1) is 16.0. The van der Waals surface area contributed by atoms with E-state index in [0.717, 1.165) is 23.8 Å². The van der Waals surface area contributed by atoms with E-state index in [1.54, 1.807) is 26.0 Å². The third-order valence-electron chi connectivity index (χ3n) is 3.09. The fourth-order valence-electron chi connectivity index (χ4n) is 1.93. The fourth-order valence-corrected chi connectivity index (χ4v) is 3.32. The van der Waals surface area contributed by atoms with Crippen LogP contribution in [0, 0.1) is 19.7 Å². The van der Waals surface area contributed by atoms with Gasteiger partial charge in [-0.3, -0.25) is 4.72 Å². The van der Waals surface area contributed by atoms with Crippen molar-refractivity contribution in [3.05, 3.63) is 58.9 Å². The van der Waals surface area contributed by atoms with Gasteiger partial charge in [0.05, 0.1) is 16.1 Å². The number of hydrogen-bond acceptors (Lipinski definition) is 3. The summed E-state index contributed by atoms with van der Waals surface area (Å²) in [4.78, 5) is 10.9. The molecular formula is C15H14FNO4S. The van der Waals surface area contributed by atoms with Crippen molar-refractivity contribution < 1.29 is 22.7 Å². The third kappa shape index (κ3) is 3.25. The van der Waals surface area contributed by atoms with Crippen LogP contribution in [0.15, 0.2) is 41.3 Å². The van der Waals surface area contributed by atoms with Crippen LogP contribution in [0.2, 0.25) is 0 Å². The van der Waals surface area contributed by atoms with Gasteiger partial charge in [-0.2, -0.15) is 0 Å². The van der Waals surface area contributed by atoms with Gasteiger partial charge in [0.15, 0.2) is 0 Å². The summed E-state index contributed by atoms with van der Waals surface area (Å²) in [6, 6.07) is 7.79. The third-order valence-corrected chi connectivity index (χ3v) is 4.60. The van der Waals surface area contributed by atoms with E-state index in [-0.39, 0.29) is 10.5 Å². The molecule has 116 valence electrons. The van der Waals surface area contributed by atoms with Crippen LogP contribution < -0.4 is 4.72 Å². The summed E-state index contributed by atoms with van der Waals surface area (Å²) < 4.78 is 40.6. The van der Waals surface area contributed by atoms with E-state index < -0.39 is 27.5 Å². The van der Waals surface area contributed by atoms with Gasteiger partial charge in [-0.05, 0) is 49.2 Å². The normalized spacial score (nSPS) is 11.2. The number of aryl methyl sites for hydroxylation is 2. The predicted molar refractivity (Wildman–Crippen MR) is 80.1 cm³/mol. The van der Waals surface area contributed by atoms with Gasteiger partial charge in [-0.15, -0.1) is 0 Å². The monoisotopic (exact) mass is 323 g/mol. The van der Waals surface area contributed by atoms with E-state index in [9.17, 15) is 17.6 Å². The maximum Gasteiger partial charge on any atom is 0.335 e. The Morgan fingerprint density at radius 2 is 1.82 bits per heavy atom. The molecule has 0 radical (unpaired) electrons. The lowest BCUT2D eigenvalue weighted by Crippen LogP contribution is -2.16. The molecule has 0 saturated carbocycles. The SMILES string of the molecule is Cc1ccc(C)c(S(=O)(=O)Nc2cc(C(=O)O)ccc2F)c1. The quantitative estimate of drug-likeness (QED) is 0.906. The van der Waals surface area contributed by atoms with Crippen molar-refractivity contribution in [3.63, 3.8) is 0 Å². The molecule has 5 nitrogen and oxygen atoms in total. The highest BCUT2D eigenvalue weighted by molar-refractivity contribution is 7.92. The molecule has 0 aliphatic rings. The maximum absolute atomic E-state index is 13.7. The Morgan fingerprint density at radius 3 is 2.45 bits per heavy atom. The van der Waals surface area contributed by atoms with Crippen molar-refractivity contribution in [2.45, 2.75) is 18.7 Å². The number of halogens is 1. The van der Waals surface area contributed by atoms with Crippen molar-refractivity contribution in [2.24, 2.45) is 0 Å². The molecule has 2 N–H and O–H groups in total. The van der Waals surface area contributed by atoms with Gasteiger partial charge in [0.1, 0.15) is 5.82 Å². The number of carbonyl (C=O) groups is 1. The van der Waals surface area contributed by atoms with Crippen molar-refractivity contribution >= 4 is 21.7 Å². The first-order valence-corrected chi connectivity index (χ1v) is 7.82. The second-order valence-electron chi connectivity index (χ2n) is 4.87. The molecule has 0 amide bonds. The molecule has 0 saturated heterocycles. The second kappa shape index (κ2) is 5.76. The zero-order valence-corrected chi connectivity index (χ0v) is 12.7. The molecule has 2 aromatic carbocycles. The molecule has 7 heteroatoms. The average molecular weight is 323 g/mol. The van der Waals surface area contributed by atoms with Crippen LogP contribution in [0.4, 0.5) is 10.1 Å². The molecule has 0 aliphatic carbocycles. The van der Waals surface area contributed by atoms with Crippen LogP contribution in [0.1, 0.15) is 21.5 Å². The standard InChI is InChI=1S/C15H14FNO4S/c1-9-3-4-10(2)14(7-9)22(20,21)17-13-8-11(15(18)19)5-6-12(13)16/h3-8,17H,1-2H3,(H,18,19). The number of nitrogens with one attached hydrogen (secondary N) is 1. The highest BCUT2D eigenvalue weighted by Gasteiger charge is 2.19. The molecule has 0 fully saturated rings. The molecule has 0 aliphatic heterocycles. The predicted octanol–water partition coefficient (Wildman–Crippen LogP) is 2.94. The van der Waals surface area contributed by atoms with Gasteiger partial charge in [-0.25, -0.2) is 17.6 Å². The lowest BCUT2D eigenvalue weighted by atomic mass is 10.2. The van der Waals surface area contributed by atoms with Crippen LogP contribution in [-0.2, 0) is 10.0 Å². The minimum atomic E-state index is -4.01. The summed E-state index contributed by atoms with van der Waals surface area (Å²) in [7, 11) is -4.01. The minimum absolute atomic E-state index is 0.0210. The Bertz CT molecular complexity index is 847. The molecule has 0 atom stereocenters. The fraction of sp³-hybridized carbons (Fsp3) is 0.133. The number of hydrogen-bond donors (Lipinski definition) is 2. The second-order valence-corrected chi connectivity index (χ2v) is 6.53. The van der Waals surface area contributed by atoms with E-state index in [1.165, 1.54) is 6.07 Å². The summed E-state index contributed by atoms with van der Waals surface area (Å²) >= 11 is 0. The van der Waals surface area contributed by atoms with E-state index in [1.807, 2.05) is 0 Å². The molecule has 0 bridgehead atoms. The van der Waals surface area contributed by atoms with Crippen molar-refractivity contribution in [1.82, 2.24) is 0 Å². The Kier molecular flexibility index (Phi) is 4.18. The van der Waals surface area contributed by atoms with Gasteiger partial charge in [0.25, 0.3) is 10.0 Å². The number of anilines is 1. The van der Waals surface area contributed by atoms with Crippen LogP contribution >= 0.6 is 0 Å². The van der Waals surface area contributed by atoms with Crippen LogP contribution in [-0.4, -0.2) is 19.5 Å². The van der Waals surface area contributed by atoms with Crippen molar-refractivity contribution in [1.29, 1.82) is 0 Å². The molecule has 0 heterocycles. The van der Waals surface area contributed by atoms with Crippen LogP contribution in [0.25, 0.3) is 0 Å². The zero-order chi connectivity index (χ0) is 16.5. The number of benzene rings is 2. The summed E-state index contributed by atoms with van der Waals surface area (Å²) in [6.45, 7) is 3.36. The summed E-state index contributed by atoms with van der Waals surface area (Å²) in [5.41, 5.74) is 0.638. The van der Waals surface area contributed by atoms with Crippen molar-refractivity contribution in [2.75, 3.05) is 4.72 Å². The average Bonchev–Trinajstić information content (AvgIpc) is 2.43. The van der Waals surface area contributed by atoms with Gasteiger partial charge < -0.3 is 5.11 Å². The number of sulfonamides is 1. The lowest BCUT2D eigenvalue weighted by Gasteiger charge is -2.12. The van der Waals surface area contributed by atoms with Gasteiger partial charge >= 0.3 is 5.97 Å². The van der Waals surface area contributed by atoms with E-state index in [0.29, 0.717) is 5.56 Å². The molecule has 0 spiro atoms. The van der Waals surface area contributed by atoms with Crippen LogP contribution in [0.3, 0.4) is 0 Å². The van der Waals surface area contributed by atoms with Gasteiger partial charge in [-0.1, -0.05) is 12.1 Å². The first-order chi connectivity index (χ1) is 10.2. The summed E-state index contributed by atoms with van der Waals surface area (Å²) in [6.07, 6.45) is 0. The molecular weight excluding hydrogens is 309 g/mol. The molecule has 2 rings (SSSR count). The Labute approximate surface area is 127 Å². The number of carboxylic acids is 1. The Balaban J connectivity index is 2.47. The molecule has 2 aromatic rings. The van der Waals surface area contributed by atoms with Crippen LogP contribution in [0.5, 0.6) is 0 Å². The number of carboxylic acid groups (broad SMARTS) is 1. The summed E-state index contributed by atoms with van der Waals surface area (Å²) in [5.74, 6) is -2.12. The van der Waals surface area contributed by atoms with Crippen molar-refractivity contribution in [3.8, 4) is 0 Å². The molecule has 0 unspecified atom stereocenters. The molecule has 22 heavy (non-hydrogen) atoms. The Morgan fingerprint density at radius 1 is 1.14 bits per heavy atom. The highest BCUT2D eigenvalue weighted by atomic mass is 32.2. The minimum Gasteiger partial charge on any atom is -0.478 e. The number of rotatable bonds is 4. The topological polar surface area (TPSA) is 83.5 Å². The first-order valence-electron chi connectivity index (χ1n) is 6.33. The van der Waals surface area contributed by atoms with E-state index in [2.05, 4.69) is 4.72 Å². The van der Waals surface area contributed by atoms with E-state index in [4.69, 9.17) is 5.11 Å². The molecule has 0 aromatic heterocycles. The van der Waals surface area contributed by atoms with Gasteiger partial charge in [0.2, 0.25) is 0 Å². The lowest BCUT2D eigenvalue weighted by molar-refractivity contribution is 0.0697. The number of aromatic carboxylic acids is 1. The smallest absolute Gasteiger partial charge is 0.335 e. The zero-order valence-electron chi connectivity index (χ0n) is 11.9. The largest absolute Gasteiger partial charge is 0.478 e. The van der Waals surface area contributed by atoms with Gasteiger partial charge in [0, 0.05) is 0 Å².